The van der Waals surface area contributed by atoms with Gasteiger partial charge in [0, 0.05) is 11.1 Å². The van der Waals surface area contributed by atoms with Gasteiger partial charge in [0.25, 0.3) is 0 Å². The van der Waals surface area contributed by atoms with Crippen LogP contribution >= 0.6 is 0 Å². The third-order valence-electron chi connectivity index (χ3n) is 3.05. The second-order valence-corrected chi connectivity index (χ2v) is 3.92. The van der Waals surface area contributed by atoms with Gasteiger partial charge in [0.15, 0.2) is 0 Å². The number of halogens is 1. The lowest BCUT2D eigenvalue weighted by molar-refractivity contribution is -0.139. The molecule has 2 rings (SSSR count). The van der Waals surface area contributed by atoms with Crippen LogP contribution in [0.5, 0.6) is 5.75 Å². The number of hydrogen-bond acceptors (Lipinski definition) is 2. The van der Waals surface area contributed by atoms with Crippen LogP contribution in [0.4, 0.5) is 4.39 Å². The van der Waals surface area contributed by atoms with Crippen LogP contribution in [-0.2, 0) is 11.2 Å². The molecule has 1 aliphatic carbocycles. The van der Waals surface area contributed by atoms with Gasteiger partial charge in [-0.1, -0.05) is 0 Å². The molecule has 0 aromatic heterocycles. The molecule has 1 atom stereocenters. The van der Waals surface area contributed by atoms with E-state index >= 15 is 0 Å². The Balaban J connectivity index is 2.58. The summed E-state index contributed by atoms with van der Waals surface area (Å²) in [5, 5.41) is 9.07. The highest BCUT2D eigenvalue weighted by molar-refractivity contribution is 5.77. The summed E-state index contributed by atoms with van der Waals surface area (Å²) in [6.45, 7) is 0. The number of carbonyl (C=O) groups is 1. The molecule has 1 aromatic carbocycles. The van der Waals surface area contributed by atoms with Crippen LogP contribution in [0.15, 0.2) is 12.1 Å². The van der Waals surface area contributed by atoms with Crippen molar-refractivity contribution < 1.29 is 19.0 Å². The minimum Gasteiger partial charge on any atom is -0.496 e. The normalized spacial score (nSPS) is 19.0. The van der Waals surface area contributed by atoms with Gasteiger partial charge >= 0.3 is 5.97 Å². The molecule has 16 heavy (non-hydrogen) atoms. The maximum absolute atomic E-state index is 13.7. The highest BCUT2D eigenvalue weighted by atomic mass is 19.1. The molecule has 0 amide bonds. The smallest absolute Gasteiger partial charge is 0.311 e. The zero-order chi connectivity index (χ0) is 11.7. The zero-order valence-corrected chi connectivity index (χ0v) is 9.00. The highest BCUT2D eigenvalue weighted by Gasteiger charge is 2.30. The standard InChI is InChI=1S/C12H13FO3/c1-16-10-6-5-9(13)11-7(10)3-2-4-8(11)12(14)15/h5-6,8H,2-4H2,1H3,(H,14,15). The summed E-state index contributed by atoms with van der Waals surface area (Å²) in [7, 11) is 1.51. The molecule has 0 aliphatic heterocycles. The number of benzene rings is 1. The Hall–Kier alpha value is -1.58. The molecule has 0 saturated carbocycles. The Morgan fingerprint density at radius 1 is 1.56 bits per heavy atom. The first-order chi connectivity index (χ1) is 7.65. The number of ether oxygens (including phenoxy) is 1. The van der Waals surface area contributed by atoms with E-state index in [0.29, 0.717) is 29.7 Å². The molecule has 0 fully saturated rings. The number of carboxylic acids is 1. The topological polar surface area (TPSA) is 46.5 Å². The van der Waals surface area contributed by atoms with Crippen molar-refractivity contribution in [3.63, 3.8) is 0 Å². The highest BCUT2D eigenvalue weighted by Crippen LogP contribution is 2.38. The minimum atomic E-state index is -0.965. The lowest BCUT2D eigenvalue weighted by Gasteiger charge is -2.24. The van der Waals surface area contributed by atoms with E-state index in [1.165, 1.54) is 13.2 Å². The molecule has 1 unspecified atom stereocenters. The van der Waals surface area contributed by atoms with Crippen LogP contribution in [-0.4, -0.2) is 18.2 Å². The monoisotopic (exact) mass is 224 g/mol. The first-order valence-electron chi connectivity index (χ1n) is 5.23. The molecule has 1 aromatic rings. The summed E-state index contributed by atoms with van der Waals surface area (Å²) in [4.78, 5) is 11.1. The molecular formula is C12H13FO3. The fourth-order valence-electron chi connectivity index (χ4n) is 2.32. The van der Waals surface area contributed by atoms with Crippen LogP contribution in [0.3, 0.4) is 0 Å². The van der Waals surface area contributed by atoms with E-state index in [4.69, 9.17) is 9.84 Å². The molecule has 0 saturated heterocycles. The van der Waals surface area contributed by atoms with Gasteiger partial charge in [-0.05, 0) is 31.4 Å². The molecule has 1 N–H and O–H groups in total. The summed E-state index contributed by atoms with van der Waals surface area (Å²) in [5.41, 5.74) is 1.01. The van der Waals surface area contributed by atoms with Crippen molar-refractivity contribution in [2.24, 2.45) is 0 Å². The van der Waals surface area contributed by atoms with Crippen molar-refractivity contribution in [3.05, 3.63) is 29.1 Å². The van der Waals surface area contributed by atoms with Crippen LogP contribution in [0.25, 0.3) is 0 Å². The third kappa shape index (κ3) is 1.64. The van der Waals surface area contributed by atoms with E-state index in [0.717, 1.165) is 6.42 Å². The molecule has 0 bridgehead atoms. The first-order valence-corrected chi connectivity index (χ1v) is 5.23. The summed E-state index contributed by atoms with van der Waals surface area (Å²) >= 11 is 0. The zero-order valence-electron chi connectivity index (χ0n) is 9.00. The Morgan fingerprint density at radius 2 is 2.31 bits per heavy atom. The molecular weight excluding hydrogens is 211 g/mol. The first kappa shape index (κ1) is 10.9. The van der Waals surface area contributed by atoms with Crippen LogP contribution in [0.1, 0.15) is 29.9 Å². The van der Waals surface area contributed by atoms with Crippen molar-refractivity contribution in [1.82, 2.24) is 0 Å². The quantitative estimate of drug-likeness (QED) is 0.838. The van der Waals surface area contributed by atoms with Crippen molar-refractivity contribution in [1.29, 1.82) is 0 Å². The summed E-state index contributed by atoms with van der Waals surface area (Å²) in [5.74, 6) is -1.56. The van der Waals surface area contributed by atoms with Crippen LogP contribution in [0.2, 0.25) is 0 Å². The number of hydrogen-bond donors (Lipinski definition) is 1. The Bertz CT molecular complexity index is 429. The summed E-state index contributed by atoms with van der Waals surface area (Å²) in [6.07, 6.45) is 1.93. The van der Waals surface area contributed by atoms with Gasteiger partial charge < -0.3 is 9.84 Å². The van der Waals surface area contributed by atoms with Gasteiger partial charge in [0.1, 0.15) is 11.6 Å². The molecule has 0 heterocycles. The lowest BCUT2D eigenvalue weighted by Crippen LogP contribution is -2.20. The second kappa shape index (κ2) is 4.12. The van der Waals surface area contributed by atoms with E-state index in [2.05, 4.69) is 0 Å². The average molecular weight is 224 g/mol. The third-order valence-corrected chi connectivity index (χ3v) is 3.05. The summed E-state index contributed by atoms with van der Waals surface area (Å²) in [6, 6.07) is 2.83. The van der Waals surface area contributed by atoms with Gasteiger partial charge in [0.2, 0.25) is 0 Å². The van der Waals surface area contributed by atoms with Crippen molar-refractivity contribution >= 4 is 5.97 Å². The lowest BCUT2D eigenvalue weighted by atomic mass is 9.82. The Labute approximate surface area is 92.9 Å². The predicted molar refractivity (Wildman–Crippen MR) is 56.3 cm³/mol. The number of carboxylic acid groups (broad SMARTS) is 1. The van der Waals surface area contributed by atoms with Gasteiger partial charge in [-0.3, -0.25) is 4.79 Å². The number of methoxy groups -OCH3 is 1. The fourth-order valence-corrected chi connectivity index (χ4v) is 2.32. The summed E-state index contributed by atoms with van der Waals surface area (Å²) < 4.78 is 18.8. The molecule has 86 valence electrons. The van der Waals surface area contributed by atoms with E-state index in [1.54, 1.807) is 6.07 Å². The van der Waals surface area contributed by atoms with Crippen LogP contribution in [0, 0.1) is 5.82 Å². The largest absolute Gasteiger partial charge is 0.496 e. The van der Waals surface area contributed by atoms with E-state index in [9.17, 15) is 9.18 Å². The maximum Gasteiger partial charge on any atom is 0.311 e. The van der Waals surface area contributed by atoms with Gasteiger partial charge in [-0.25, -0.2) is 4.39 Å². The van der Waals surface area contributed by atoms with E-state index < -0.39 is 17.7 Å². The predicted octanol–water partition coefficient (Wildman–Crippen LogP) is 2.34. The van der Waals surface area contributed by atoms with Crippen molar-refractivity contribution in [2.75, 3.05) is 7.11 Å². The van der Waals surface area contributed by atoms with Crippen molar-refractivity contribution in [2.45, 2.75) is 25.2 Å². The molecule has 4 heteroatoms. The van der Waals surface area contributed by atoms with E-state index in [1.807, 2.05) is 0 Å². The fraction of sp³-hybridized carbons (Fsp3) is 0.417. The number of rotatable bonds is 2. The maximum atomic E-state index is 13.7. The molecule has 0 radical (unpaired) electrons. The SMILES string of the molecule is COc1ccc(F)c2c1CCCC2C(=O)O. The molecule has 0 spiro atoms. The minimum absolute atomic E-state index is 0.304. The average Bonchev–Trinajstić information content (AvgIpc) is 2.29. The number of fused-ring (bicyclic) bond motifs is 1. The van der Waals surface area contributed by atoms with Gasteiger partial charge in [-0.15, -0.1) is 0 Å². The number of aliphatic carboxylic acids is 1. The van der Waals surface area contributed by atoms with Gasteiger partial charge in [-0.2, -0.15) is 0 Å². The van der Waals surface area contributed by atoms with E-state index in [-0.39, 0.29) is 0 Å². The second-order valence-electron chi connectivity index (χ2n) is 3.92. The molecule has 1 aliphatic rings. The van der Waals surface area contributed by atoms with Crippen molar-refractivity contribution in [3.8, 4) is 5.75 Å². The van der Waals surface area contributed by atoms with Gasteiger partial charge in [0.05, 0.1) is 13.0 Å². The Kier molecular flexibility index (Phi) is 2.81. The van der Waals surface area contributed by atoms with Crippen LogP contribution < -0.4 is 4.74 Å². The Morgan fingerprint density at radius 3 is 2.94 bits per heavy atom. The molecule has 3 nitrogen and oxygen atoms in total.